The largest absolute Gasteiger partial charge is 0.257 e. The van der Waals surface area contributed by atoms with Crippen LogP contribution in [0.5, 0.6) is 0 Å². The number of aromatic nitrogens is 1. The lowest BCUT2D eigenvalue weighted by Crippen LogP contribution is -2.08. The summed E-state index contributed by atoms with van der Waals surface area (Å²) in [6.45, 7) is 1.22. The number of pyridine rings is 1. The lowest BCUT2D eigenvalue weighted by Gasteiger charge is -2.42. The quantitative estimate of drug-likeness (QED) is 0.532. The Bertz CT molecular complexity index is 386. The fraction of sp³-hybridized carbons (Fsp3) is 0.167. The molecular formula is C6H5ClF5NS. The van der Waals surface area contributed by atoms with Gasteiger partial charge in [0.15, 0.2) is 0 Å². The first-order chi connectivity index (χ1) is 5.90. The fourth-order valence-corrected chi connectivity index (χ4v) is 1.90. The van der Waals surface area contributed by atoms with Gasteiger partial charge >= 0.3 is 0 Å². The van der Waals surface area contributed by atoms with Gasteiger partial charge in [0.25, 0.3) is 9.05 Å². The van der Waals surface area contributed by atoms with E-state index in [1.165, 1.54) is 6.92 Å². The van der Waals surface area contributed by atoms with Crippen LogP contribution in [0, 0.1) is 12.9 Å². The molecule has 0 saturated heterocycles. The molecule has 0 aromatic carbocycles. The van der Waals surface area contributed by atoms with Crippen molar-refractivity contribution in [1.82, 2.24) is 4.98 Å². The minimum Gasteiger partial charge on any atom is -0.227 e. The van der Waals surface area contributed by atoms with Crippen molar-refractivity contribution < 1.29 is 19.9 Å². The molecule has 1 rings (SSSR count). The molecule has 0 N–H and O–H groups in total. The van der Waals surface area contributed by atoms with Gasteiger partial charge in [0.05, 0.1) is 0 Å². The highest BCUT2D eigenvalue weighted by atomic mass is 35.7. The smallest absolute Gasteiger partial charge is 0.227 e. The van der Waals surface area contributed by atoms with Crippen LogP contribution < -0.4 is 0 Å². The second-order valence-electron chi connectivity index (χ2n) is 2.77. The van der Waals surface area contributed by atoms with Gasteiger partial charge in [-0.05, 0) is 18.6 Å². The Labute approximate surface area is 80.8 Å². The maximum absolute atomic E-state index is 12.6. The number of aryl methyl sites for hydroxylation is 1. The molecule has 0 unspecified atom stereocenters. The Morgan fingerprint density at radius 1 is 1.29 bits per heavy atom. The van der Waals surface area contributed by atoms with Crippen molar-refractivity contribution in [2.75, 3.05) is 0 Å². The van der Waals surface area contributed by atoms with Gasteiger partial charge in [-0.15, -0.1) is 15.5 Å². The molecule has 1 aromatic heterocycles. The molecule has 0 amide bonds. The van der Waals surface area contributed by atoms with E-state index in [0.717, 1.165) is 6.20 Å². The van der Waals surface area contributed by atoms with Gasteiger partial charge in [-0.1, -0.05) is 0 Å². The monoisotopic (exact) mass is 253 g/mol. The molecule has 0 aliphatic rings. The number of nitrogens with zero attached hydrogens (tertiary/aromatic N) is 1. The average Bonchev–Trinajstić information content (AvgIpc) is 1.89. The summed E-state index contributed by atoms with van der Waals surface area (Å²) in [6.07, 6.45) is 0.846. The van der Waals surface area contributed by atoms with Gasteiger partial charge in [-0.2, -0.15) is 4.39 Å². The van der Waals surface area contributed by atoms with Crippen LogP contribution in [0.2, 0.25) is 0 Å². The molecule has 0 saturated carbocycles. The van der Waals surface area contributed by atoms with Crippen molar-refractivity contribution in [2.45, 2.75) is 11.8 Å². The summed E-state index contributed by atoms with van der Waals surface area (Å²) < 4.78 is 62.8. The van der Waals surface area contributed by atoms with Gasteiger partial charge in [0.2, 0.25) is 5.95 Å². The van der Waals surface area contributed by atoms with Gasteiger partial charge in [0, 0.05) is 16.9 Å². The lowest BCUT2D eigenvalue weighted by molar-refractivity contribution is 0.454. The molecule has 1 aromatic rings. The summed E-state index contributed by atoms with van der Waals surface area (Å²) in [4.78, 5) is 0.621. The molecule has 0 atom stereocenters. The van der Waals surface area contributed by atoms with Gasteiger partial charge in [-0.3, -0.25) is 0 Å². The van der Waals surface area contributed by atoms with E-state index in [-0.39, 0.29) is 11.6 Å². The van der Waals surface area contributed by atoms with E-state index in [1.807, 2.05) is 0 Å². The highest BCUT2D eigenvalue weighted by Gasteiger charge is 2.65. The third kappa shape index (κ3) is 2.48. The molecule has 1 heterocycles. The van der Waals surface area contributed by atoms with Crippen molar-refractivity contribution in [1.29, 1.82) is 0 Å². The summed E-state index contributed by atoms with van der Waals surface area (Å²) >= 11 is 0. The molecule has 0 fully saturated rings. The van der Waals surface area contributed by atoms with Gasteiger partial charge in [0.1, 0.15) is 4.90 Å². The highest BCUT2D eigenvalue weighted by molar-refractivity contribution is 8.65. The second kappa shape index (κ2) is 2.33. The van der Waals surface area contributed by atoms with Crippen LogP contribution in [-0.2, 0) is 0 Å². The average molecular weight is 254 g/mol. The van der Waals surface area contributed by atoms with Crippen LogP contribution in [0.15, 0.2) is 17.2 Å². The molecule has 82 valence electrons. The maximum atomic E-state index is 12.6. The Kier molecular flexibility index (Phi) is 1.92. The first kappa shape index (κ1) is 11.5. The topological polar surface area (TPSA) is 12.9 Å². The zero-order chi connectivity index (χ0) is 11.3. The molecule has 0 spiro atoms. The zero-order valence-electron chi connectivity index (χ0n) is 6.78. The second-order valence-corrected chi connectivity index (χ2v) is 7.01. The fourth-order valence-electron chi connectivity index (χ4n) is 0.796. The summed E-state index contributed by atoms with van der Waals surface area (Å²) in [5, 5.41) is 0. The molecule has 1 nitrogen and oxygen atoms in total. The number of hydrogen-bond donors (Lipinski definition) is 0. The third-order valence-electron chi connectivity index (χ3n) is 1.36. The van der Waals surface area contributed by atoms with Gasteiger partial charge in [-0.25, -0.2) is 4.98 Å². The van der Waals surface area contributed by atoms with Crippen LogP contribution in [0.1, 0.15) is 5.56 Å². The number of rotatable bonds is 1. The Morgan fingerprint density at radius 3 is 2.14 bits per heavy atom. The van der Waals surface area contributed by atoms with E-state index >= 15 is 0 Å². The van der Waals surface area contributed by atoms with Crippen LogP contribution in [-0.4, -0.2) is 4.98 Å². The molecule has 0 bridgehead atoms. The van der Waals surface area contributed by atoms with E-state index in [1.54, 1.807) is 0 Å². The standard InChI is InChI=1S/C6H5ClF5NS/c1-4-2-5(6(8)13-3-4)14(7,9,10,11)12/h2-3H,1H3. The Balaban J connectivity index is 3.57. The summed E-state index contributed by atoms with van der Waals surface area (Å²) in [5.74, 6) is -1.96. The SMILES string of the molecule is Cc1cnc(F)c(S(F)(F)(F)(F)Cl)c1. The van der Waals surface area contributed by atoms with E-state index in [4.69, 9.17) is 0 Å². The van der Waals surface area contributed by atoms with E-state index in [2.05, 4.69) is 15.7 Å². The lowest BCUT2D eigenvalue weighted by atomic mass is 10.3. The first-order valence-corrected chi connectivity index (χ1v) is 6.14. The Morgan fingerprint density at radius 2 is 1.79 bits per heavy atom. The third-order valence-corrected chi connectivity index (χ3v) is 2.98. The van der Waals surface area contributed by atoms with E-state index < -0.39 is 19.9 Å². The molecule has 0 aliphatic heterocycles. The first-order valence-electron chi connectivity index (χ1n) is 3.26. The van der Waals surface area contributed by atoms with Crippen molar-refractivity contribution in [3.8, 4) is 0 Å². The zero-order valence-corrected chi connectivity index (χ0v) is 8.35. The van der Waals surface area contributed by atoms with E-state index in [0.29, 0.717) is 0 Å². The van der Waals surface area contributed by atoms with Crippen LogP contribution in [0.3, 0.4) is 0 Å². The van der Waals surface area contributed by atoms with Crippen molar-refractivity contribution in [3.63, 3.8) is 0 Å². The normalized spacial score (nSPS) is 17.4. The molecule has 14 heavy (non-hydrogen) atoms. The minimum atomic E-state index is -8.98. The predicted octanol–water partition coefficient (Wildman–Crippen LogP) is 4.46. The van der Waals surface area contributed by atoms with Crippen molar-refractivity contribution >= 4 is 19.7 Å². The molecule has 8 heteroatoms. The van der Waals surface area contributed by atoms with Gasteiger partial charge < -0.3 is 0 Å². The van der Waals surface area contributed by atoms with Crippen LogP contribution in [0.25, 0.3) is 0 Å². The van der Waals surface area contributed by atoms with Crippen molar-refractivity contribution in [3.05, 3.63) is 23.8 Å². The predicted molar refractivity (Wildman–Crippen MR) is 45.1 cm³/mol. The van der Waals surface area contributed by atoms with Crippen LogP contribution >= 0.6 is 19.7 Å². The number of halogens is 6. The molecule has 0 aliphatic carbocycles. The minimum absolute atomic E-state index is 0.0300. The summed E-state index contributed by atoms with van der Waals surface area (Å²) in [5.41, 5.74) is -0.0300. The summed E-state index contributed by atoms with van der Waals surface area (Å²) in [6, 6.07) is 0.289. The highest BCUT2D eigenvalue weighted by Crippen LogP contribution is 3.04. The van der Waals surface area contributed by atoms with Crippen LogP contribution in [0.4, 0.5) is 19.9 Å². The number of hydrogen-bond acceptors (Lipinski definition) is 1. The molecule has 0 radical (unpaired) electrons. The summed E-state index contributed by atoms with van der Waals surface area (Å²) in [7, 11) is -5.06. The Hall–Kier alpha value is -0.560. The molecular weight excluding hydrogens is 249 g/mol. The van der Waals surface area contributed by atoms with Crippen molar-refractivity contribution in [2.24, 2.45) is 0 Å². The van der Waals surface area contributed by atoms with E-state index in [9.17, 15) is 19.9 Å². The maximum Gasteiger partial charge on any atom is 0.257 e.